The molecule has 1 saturated heterocycles. The van der Waals surface area contributed by atoms with Gasteiger partial charge in [0.15, 0.2) is 0 Å². The Balaban J connectivity index is 2.08. The molecule has 1 N–H and O–H groups in total. The maximum Gasteiger partial charge on any atom is 0.147 e. The van der Waals surface area contributed by atoms with Gasteiger partial charge in [-0.1, -0.05) is 0 Å². The van der Waals surface area contributed by atoms with E-state index >= 15 is 0 Å². The van der Waals surface area contributed by atoms with Crippen LogP contribution < -0.4 is 5.32 Å². The van der Waals surface area contributed by atoms with Crippen LogP contribution in [0.25, 0.3) is 0 Å². The second kappa shape index (κ2) is 3.23. The summed E-state index contributed by atoms with van der Waals surface area (Å²) in [7, 11) is 0. The van der Waals surface area contributed by atoms with E-state index in [-0.39, 0.29) is 0 Å². The number of hydrogen-bond donors (Lipinski definition) is 1. The van der Waals surface area contributed by atoms with Gasteiger partial charge in [-0.25, -0.2) is 9.67 Å². The standard InChI is InChI=1S/C8H14N4/c1-7-10-6-12(11-7)8-3-2-4-9-5-8/h6,8-9H,2-5H2,1H3/t8-/m0/s1. The highest BCUT2D eigenvalue weighted by atomic mass is 15.3. The van der Waals surface area contributed by atoms with Crippen LogP contribution >= 0.6 is 0 Å². The molecule has 0 saturated carbocycles. The molecular weight excluding hydrogens is 152 g/mol. The van der Waals surface area contributed by atoms with Crippen LogP contribution in [0.4, 0.5) is 0 Å². The van der Waals surface area contributed by atoms with Gasteiger partial charge >= 0.3 is 0 Å². The van der Waals surface area contributed by atoms with Gasteiger partial charge in [0.25, 0.3) is 0 Å². The van der Waals surface area contributed by atoms with Crippen molar-refractivity contribution in [3.63, 3.8) is 0 Å². The number of aryl methyl sites for hydroxylation is 1. The minimum atomic E-state index is 0.514. The van der Waals surface area contributed by atoms with Crippen LogP contribution in [0.5, 0.6) is 0 Å². The molecule has 1 atom stereocenters. The number of nitrogens with zero attached hydrogens (tertiary/aromatic N) is 3. The smallest absolute Gasteiger partial charge is 0.147 e. The Kier molecular flexibility index (Phi) is 2.08. The van der Waals surface area contributed by atoms with Gasteiger partial charge in [0.2, 0.25) is 0 Å². The molecule has 0 spiro atoms. The molecule has 2 heterocycles. The van der Waals surface area contributed by atoms with Crippen LogP contribution in [0.15, 0.2) is 6.33 Å². The minimum absolute atomic E-state index is 0.514. The maximum absolute atomic E-state index is 4.30. The highest BCUT2D eigenvalue weighted by Crippen LogP contribution is 2.14. The predicted molar refractivity (Wildman–Crippen MR) is 45.9 cm³/mol. The van der Waals surface area contributed by atoms with Gasteiger partial charge in [0.1, 0.15) is 12.2 Å². The molecule has 0 aromatic carbocycles. The number of rotatable bonds is 1. The summed E-state index contributed by atoms with van der Waals surface area (Å²) in [5.41, 5.74) is 0. The molecule has 0 radical (unpaired) electrons. The van der Waals surface area contributed by atoms with Gasteiger partial charge in [-0.15, -0.1) is 0 Å². The zero-order valence-corrected chi connectivity index (χ0v) is 7.32. The first kappa shape index (κ1) is 7.73. The monoisotopic (exact) mass is 166 g/mol. The second-order valence-corrected chi connectivity index (χ2v) is 3.27. The normalized spacial score (nSPS) is 24.2. The molecule has 1 fully saturated rings. The van der Waals surface area contributed by atoms with Gasteiger partial charge in [0, 0.05) is 6.54 Å². The topological polar surface area (TPSA) is 42.7 Å². The summed E-state index contributed by atoms with van der Waals surface area (Å²) in [6.45, 7) is 4.10. The lowest BCUT2D eigenvalue weighted by molar-refractivity contribution is 0.345. The van der Waals surface area contributed by atoms with E-state index in [9.17, 15) is 0 Å². The molecule has 4 heteroatoms. The Morgan fingerprint density at radius 3 is 3.17 bits per heavy atom. The number of nitrogens with one attached hydrogen (secondary N) is 1. The van der Waals surface area contributed by atoms with Crippen molar-refractivity contribution < 1.29 is 0 Å². The van der Waals surface area contributed by atoms with Gasteiger partial charge in [-0.05, 0) is 26.3 Å². The molecular formula is C8H14N4. The summed E-state index contributed by atoms with van der Waals surface area (Å²) in [6.07, 6.45) is 4.28. The predicted octanol–water partition coefficient (Wildman–Crippen LogP) is 0.511. The third kappa shape index (κ3) is 1.48. The summed E-state index contributed by atoms with van der Waals surface area (Å²) in [4.78, 5) is 4.12. The average molecular weight is 166 g/mol. The lowest BCUT2D eigenvalue weighted by Crippen LogP contribution is -2.31. The Bertz CT molecular complexity index is 249. The van der Waals surface area contributed by atoms with E-state index in [1.54, 1.807) is 0 Å². The largest absolute Gasteiger partial charge is 0.315 e. The van der Waals surface area contributed by atoms with Crippen LogP contribution in [-0.2, 0) is 0 Å². The van der Waals surface area contributed by atoms with Crippen molar-refractivity contribution in [1.82, 2.24) is 20.1 Å². The van der Waals surface area contributed by atoms with Crippen LogP contribution in [0.1, 0.15) is 24.7 Å². The molecule has 0 unspecified atom stereocenters. The lowest BCUT2D eigenvalue weighted by Gasteiger charge is -2.22. The average Bonchev–Trinajstić information content (AvgIpc) is 2.54. The second-order valence-electron chi connectivity index (χ2n) is 3.27. The fourth-order valence-corrected chi connectivity index (χ4v) is 1.60. The Morgan fingerprint density at radius 1 is 1.67 bits per heavy atom. The first-order valence-electron chi connectivity index (χ1n) is 4.45. The van der Waals surface area contributed by atoms with Crippen LogP contribution in [0, 0.1) is 6.92 Å². The van der Waals surface area contributed by atoms with E-state index < -0.39 is 0 Å². The molecule has 2 rings (SSSR count). The van der Waals surface area contributed by atoms with Crippen LogP contribution in [0.2, 0.25) is 0 Å². The summed E-state index contributed by atoms with van der Waals surface area (Å²) in [5.74, 6) is 0.862. The van der Waals surface area contributed by atoms with E-state index in [4.69, 9.17) is 0 Å². The first-order valence-corrected chi connectivity index (χ1v) is 4.45. The van der Waals surface area contributed by atoms with Crippen molar-refractivity contribution >= 4 is 0 Å². The molecule has 12 heavy (non-hydrogen) atoms. The van der Waals surface area contributed by atoms with Crippen molar-refractivity contribution in [1.29, 1.82) is 0 Å². The number of aromatic nitrogens is 3. The highest BCUT2D eigenvalue weighted by Gasteiger charge is 2.15. The molecule has 66 valence electrons. The molecule has 1 aromatic heterocycles. The van der Waals surface area contributed by atoms with Crippen molar-refractivity contribution in [2.75, 3.05) is 13.1 Å². The third-order valence-electron chi connectivity index (χ3n) is 2.27. The molecule has 0 amide bonds. The summed E-state index contributed by atoms with van der Waals surface area (Å²) >= 11 is 0. The van der Waals surface area contributed by atoms with Crippen molar-refractivity contribution in [3.05, 3.63) is 12.2 Å². The fraction of sp³-hybridized carbons (Fsp3) is 0.750. The van der Waals surface area contributed by atoms with E-state index in [2.05, 4.69) is 15.4 Å². The summed E-state index contributed by atoms with van der Waals surface area (Å²) < 4.78 is 1.97. The molecule has 1 aliphatic rings. The number of hydrogen-bond acceptors (Lipinski definition) is 3. The van der Waals surface area contributed by atoms with Crippen LogP contribution in [-0.4, -0.2) is 27.9 Å². The highest BCUT2D eigenvalue weighted by molar-refractivity contribution is 4.81. The Morgan fingerprint density at radius 2 is 2.58 bits per heavy atom. The summed E-state index contributed by atoms with van der Waals surface area (Å²) in [5, 5.41) is 7.65. The first-order chi connectivity index (χ1) is 5.86. The molecule has 1 aliphatic heterocycles. The third-order valence-corrected chi connectivity index (χ3v) is 2.27. The zero-order valence-electron chi connectivity index (χ0n) is 7.32. The van der Waals surface area contributed by atoms with E-state index in [1.165, 1.54) is 12.8 Å². The van der Waals surface area contributed by atoms with Gasteiger partial charge < -0.3 is 5.32 Å². The zero-order chi connectivity index (χ0) is 8.39. The van der Waals surface area contributed by atoms with Crippen LogP contribution in [0.3, 0.4) is 0 Å². The van der Waals surface area contributed by atoms with Crippen molar-refractivity contribution in [2.45, 2.75) is 25.8 Å². The van der Waals surface area contributed by atoms with Gasteiger partial charge in [-0.3, -0.25) is 0 Å². The Labute approximate surface area is 72.0 Å². The molecule has 0 aliphatic carbocycles. The molecule has 1 aromatic rings. The Hall–Kier alpha value is -0.900. The van der Waals surface area contributed by atoms with Gasteiger partial charge in [0.05, 0.1) is 6.04 Å². The quantitative estimate of drug-likeness (QED) is 0.661. The van der Waals surface area contributed by atoms with E-state index in [0.29, 0.717) is 6.04 Å². The van der Waals surface area contributed by atoms with E-state index in [0.717, 1.165) is 18.9 Å². The lowest BCUT2D eigenvalue weighted by atomic mass is 10.1. The SMILES string of the molecule is Cc1ncn([C@H]2CCCNC2)n1. The van der Waals surface area contributed by atoms with E-state index in [1.807, 2.05) is 17.9 Å². The number of piperidine rings is 1. The van der Waals surface area contributed by atoms with Gasteiger partial charge in [-0.2, -0.15) is 5.10 Å². The maximum atomic E-state index is 4.30. The summed E-state index contributed by atoms with van der Waals surface area (Å²) in [6, 6.07) is 0.514. The minimum Gasteiger partial charge on any atom is -0.315 e. The van der Waals surface area contributed by atoms with Crippen molar-refractivity contribution in [2.24, 2.45) is 0 Å². The molecule has 0 bridgehead atoms. The van der Waals surface area contributed by atoms with Crippen molar-refractivity contribution in [3.8, 4) is 0 Å². The molecule has 4 nitrogen and oxygen atoms in total. The fourth-order valence-electron chi connectivity index (χ4n) is 1.60.